The Morgan fingerprint density at radius 2 is 1.81 bits per heavy atom. The van der Waals surface area contributed by atoms with Crippen LogP contribution in [-0.4, -0.2) is 31.8 Å². The van der Waals surface area contributed by atoms with Crippen LogP contribution in [0.3, 0.4) is 0 Å². The molecule has 1 unspecified atom stereocenters. The molecule has 1 aromatic rings. The second-order valence-electron chi connectivity index (χ2n) is 6.28. The zero-order valence-corrected chi connectivity index (χ0v) is 13.5. The Morgan fingerprint density at radius 3 is 2.29 bits per heavy atom. The van der Waals surface area contributed by atoms with Crippen molar-refractivity contribution in [3.8, 4) is 0 Å². The van der Waals surface area contributed by atoms with E-state index >= 15 is 0 Å². The average Bonchev–Trinajstić information content (AvgIpc) is 2.37. The van der Waals surface area contributed by atoms with Crippen LogP contribution in [0.15, 0.2) is 30.3 Å². The number of rotatable bonds is 7. The summed E-state index contributed by atoms with van der Waals surface area (Å²) in [7, 11) is -3.46. The largest absolute Gasteiger partial charge is 0.481 e. The van der Waals surface area contributed by atoms with Crippen molar-refractivity contribution >= 4 is 16.0 Å². The molecule has 0 saturated heterocycles. The van der Waals surface area contributed by atoms with E-state index in [1.807, 2.05) is 20.8 Å². The van der Waals surface area contributed by atoms with Gasteiger partial charge in [-0.15, -0.1) is 0 Å². The predicted octanol–water partition coefficient (Wildman–Crippen LogP) is 2.21. The van der Waals surface area contributed by atoms with E-state index in [1.54, 1.807) is 30.3 Å². The molecule has 21 heavy (non-hydrogen) atoms. The van der Waals surface area contributed by atoms with Crippen LogP contribution in [0.2, 0.25) is 0 Å². The van der Waals surface area contributed by atoms with Crippen LogP contribution in [-0.2, 0) is 14.8 Å². The minimum atomic E-state index is -3.46. The fraction of sp³-hybridized carbons (Fsp3) is 0.533. The van der Waals surface area contributed by atoms with E-state index in [1.165, 1.54) is 0 Å². The van der Waals surface area contributed by atoms with Gasteiger partial charge < -0.3 is 5.11 Å². The summed E-state index contributed by atoms with van der Waals surface area (Å²) in [5.74, 6) is -1.92. The summed E-state index contributed by atoms with van der Waals surface area (Å²) >= 11 is 0. The Kier molecular flexibility index (Phi) is 5.92. The first-order valence-corrected chi connectivity index (χ1v) is 8.51. The number of aliphatic carboxylic acids is 1. The van der Waals surface area contributed by atoms with Crippen LogP contribution in [0, 0.1) is 5.41 Å². The molecule has 1 rings (SSSR count). The summed E-state index contributed by atoms with van der Waals surface area (Å²) in [6.45, 7) is 5.76. The van der Waals surface area contributed by atoms with Gasteiger partial charge in [0, 0.05) is 6.54 Å². The maximum Gasteiger partial charge on any atom is 0.312 e. The molecule has 0 amide bonds. The van der Waals surface area contributed by atoms with Crippen LogP contribution < -0.4 is 4.72 Å². The zero-order chi connectivity index (χ0) is 16.1. The molecule has 5 nitrogen and oxygen atoms in total. The number of sulfonamides is 1. The maximum absolute atomic E-state index is 11.9. The van der Waals surface area contributed by atoms with Crippen molar-refractivity contribution in [2.75, 3.05) is 12.3 Å². The Hall–Kier alpha value is -1.40. The van der Waals surface area contributed by atoms with Gasteiger partial charge in [-0.3, -0.25) is 4.79 Å². The van der Waals surface area contributed by atoms with Crippen molar-refractivity contribution in [2.45, 2.75) is 33.1 Å². The summed E-state index contributed by atoms with van der Waals surface area (Å²) in [6.07, 6.45) is 0.519. The molecule has 0 aliphatic rings. The molecule has 6 heteroatoms. The van der Waals surface area contributed by atoms with Crippen molar-refractivity contribution in [1.29, 1.82) is 0 Å². The van der Waals surface area contributed by atoms with Crippen LogP contribution >= 0.6 is 0 Å². The molecule has 0 radical (unpaired) electrons. The third kappa shape index (κ3) is 6.73. The standard InChI is InChI=1S/C15H23NO4S/c1-15(2,3)9-10-21(19,20)16-11-13(14(17)18)12-7-5-4-6-8-12/h4-8,13,16H,9-11H2,1-3H3,(H,17,18). The number of hydrogen-bond acceptors (Lipinski definition) is 3. The number of carboxylic acids is 1. The molecule has 0 bridgehead atoms. The highest BCUT2D eigenvalue weighted by molar-refractivity contribution is 7.89. The van der Waals surface area contributed by atoms with Gasteiger partial charge in [0.05, 0.1) is 11.7 Å². The molecule has 0 fully saturated rings. The Balaban J connectivity index is 2.68. The number of benzene rings is 1. The topological polar surface area (TPSA) is 83.5 Å². The van der Waals surface area contributed by atoms with E-state index in [-0.39, 0.29) is 17.7 Å². The molecule has 0 saturated carbocycles. The van der Waals surface area contributed by atoms with Gasteiger partial charge in [-0.1, -0.05) is 51.1 Å². The van der Waals surface area contributed by atoms with E-state index in [4.69, 9.17) is 0 Å². The highest BCUT2D eigenvalue weighted by Crippen LogP contribution is 2.19. The fourth-order valence-electron chi connectivity index (χ4n) is 1.76. The molecule has 0 aliphatic heterocycles. The minimum absolute atomic E-state index is 0.00235. The SMILES string of the molecule is CC(C)(C)CCS(=O)(=O)NCC(C(=O)O)c1ccccc1. The van der Waals surface area contributed by atoms with Crippen molar-refractivity contribution in [2.24, 2.45) is 5.41 Å². The van der Waals surface area contributed by atoms with E-state index in [9.17, 15) is 18.3 Å². The monoisotopic (exact) mass is 313 g/mol. The van der Waals surface area contributed by atoms with Gasteiger partial charge >= 0.3 is 5.97 Å². The van der Waals surface area contributed by atoms with E-state index < -0.39 is 21.9 Å². The highest BCUT2D eigenvalue weighted by atomic mass is 32.2. The molecule has 1 aromatic carbocycles. The number of carbonyl (C=O) groups is 1. The van der Waals surface area contributed by atoms with Gasteiger partial charge in [0.1, 0.15) is 0 Å². The summed E-state index contributed by atoms with van der Waals surface area (Å²) in [4.78, 5) is 11.3. The average molecular weight is 313 g/mol. The lowest BCUT2D eigenvalue weighted by Gasteiger charge is -2.19. The van der Waals surface area contributed by atoms with Crippen LogP contribution in [0.25, 0.3) is 0 Å². The van der Waals surface area contributed by atoms with Gasteiger partial charge in [-0.2, -0.15) is 0 Å². The molecule has 2 N–H and O–H groups in total. The van der Waals surface area contributed by atoms with Crippen LogP contribution in [0.5, 0.6) is 0 Å². The Bertz CT molecular complexity index is 561. The third-order valence-electron chi connectivity index (χ3n) is 3.13. The van der Waals surface area contributed by atoms with Gasteiger partial charge in [-0.25, -0.2) is 13.1 Å². The molecule has 0 spiro atoms. The van der Waals surface area contributed by atoms with Gasteiger partial charge in [-0.05, 0) is 17.4 Å². The molecular formula is C15H23NO4S. The number of nitrogens with one attached hydrogen (secondary N) is 1. The summed E-state index contributed by atoms with van der Waals surface area (Å²) in [6, 6.07) is 8.62. The molecule has 118 valence electrons. The van der Waals surface area contributed by atoms with Crippen molar-refractivity contribution in [3.05, 3.63) is 35.9 Å². The molecule has 1 atom stereocenters. The molecule has 0 heterocycles. The lowest BCUT2D eigenvalue weighted by atomic mass is 9.94. The minimum Gasteiger partial charge on any atom is -0.481 e. The quantitative estimate of drug-likeness (QED) is 0.808. The van der Waals surface area contributed by atoms with Gasteiger partial charge in [0.25, 0.3) is 0 Å². The van der Waals surface area contributed by atoms with Crippen LogP contribution in [0.1, 0.15) is 38.7 Å². The summed E-state index contributed by atoms with van der Waals surface area (Å²) in [5.41, 5.74) is 0.504. The van der Waals surface area contributed by atoms with Crippen LogP contribution in [0.4, 0.5) is 0 Å². The summed E-state index contributed by atoms with van der Waals surface area (Å²) < 4.78 is 26.3. The van der Waals surface area contributed by atoms with Crippen molar-refractivity contribution < 1.29 is 18.3 Å². The zero-order valence-electron chi connectivity index (χ0n) is 12.7. The normalized spacial score (nSPS) is 13.9. The number of carboxylic acid groups (broad SMARTS) is 1. The Morgan fingerprint density at radius 1 is 1.24 bits per heavy atom. The third-order valence-corrected chi connectivity index (χ3v) is 4.48. The van der Waals surface area contributed by atoms with E-state index in [2.05, 4.69) is 4.72 Å². The van der Waals surface area contributed by atoms with Gasteiger partial charge in [0.2, 0.25) is 10.0 Å². The molecule has 0 aliphatic carbocycles. The lowest BCUT2D eigenvalue weighted by molar-refractivity contribution is -0.138. The van der Waals surface area contributed by atoms with E-state index in [0.717, 1.165) is 0 Å². The first-order chi connectivity index (χ1) is 9.61. The maximum atomic E-state index is 11.9. The summed E-state index contributed by atoms with van der Waals surface area (Å²) in [5, 5.41) is 9.25. The number of hydrogen-bond donors (Lipinski definition) is 2. The molecule has 0 aromatic heterocycles. The van der Waals surface area contributed by atoms with Crippen molar-refractivity contribution in [3.63, 3.8) is 0 Å². The second kappa shape index (κ2) is 7.04. The first kappa shape index (κ1) is 17.7. The molecular weight excluding hydrogens is 290 g/mol. The van der Waals surface area contributed by atoms with Gasteiger partial charge in [0.15, 0.2) is 0 Å². The smallest absolute Gasteiger partial charge is 0.312 e. The lowest BCUT2D eigenvalue weighted by Crippen LogP contribution is -2.34. The van der Waals surface area contributed by atoms with Crippen molar-refractivity contribution in [1.82, 2.24) is 4.72 Å². The Labute approximate surface area is 126 Å². The second-order valence-corrected chi connectivity index (χ2v) is 8.21. The predicted molar refractivity (Wildman–Crippen MR) is 82.7 cm³/mol. The van der Waals surface area contributed by atoms with E-state index in [0.29, 0.717) is 12.0 Å². The fourth-order valence-corrected chi connectivity index (χ4v) is 3.20. The first-order valence-electron chi connectivity index (χ1n) is 6.86. The highest BCUT2D eigenvalue weighted by Gasteiger charge is 2.23.